The number of fused-ring (bicyclic) bond motifs is 1. The molecule has 5 heteroatoms. The third-order valence-corrected chi connectivity index (χ3v) is 4.10. The normalized spacial score (nSPS) is 10.9. The highest BCUT2D eigenvalue weighted by molar-refractivity contribution is 9.10. The van der Waals surface area contributed by atoms with Crippen molar-refractivity contribution < 1.29 is 0 Å². The van der Waals surface area contributed by atoms with E-state index in [1.54, 1.807) is 11.3 Å². The van der Waals surface area contributed by atoms with Crippen molar-refractivity contribution >= 4 is 49.1 Å². The van der Waals surface area contributed by atoms with Crippen molar-refractivity contribution in [3.63, 3.8) is 0 Å². The molecule has 0 saturated carbocycles. The maximum atomic E-state index is 5.90. The summed E-state index contributed by atoms with van der Waals surface area (Å²) >= 11 is 11.0. The van der Waals surface area contributed by atoms with Gasteiger partial charge in [-0.05, 0) is 22.9 Å². The van der Waals surface area contributed by atoms with E-state index in [1.165, 1.54) is 11.2 Å². The molecule has 2 rings (SSSR count). The minimum absolute atomic E-state index is 0.510. The van der Waals surface area contributed by atoms with Crippen LogP contribution in [0.4, 0.5) is 0 Å². The molecule has 2 nitrogen and oxygen atoms in total. The first-order valence-electron chi connectivity index (χ1n) is 3.25. The predicted molar refractivity (Wildman–Crippen MR) is 54.9 cm³/mol. The molecule has 0 aliphatic heterocycles. The molecule has 0 radical (unpaired) electrons. The summed E-state index contributed by atoms with van der Waals surface area (Å²) in [5.41, 5.74) is 0. The Kier molecular flexibility index (Phi) is 2.06. The SMILES string of the molecule is Cc1sc2ncnc(Cl)c2c1Br. The topological polar surface area (TPSA) is 25.8 Å². The van der Waals surface area contributed by atoms with E-state index in [-0.39, 0.29) is 0 Å². The van der Waals surface area contributed by atoms with Gasteiger partial charge >= 0.3 is 0 Å². The van der Waals surface area contributed by atoms with Crippen molar-refractivity contribution in [2.45, 2.75) is 6.92 Å². The molecule has 0 bridgehead atoms. The molecule has 0 fully saturated rings. The van der Waals surface area contributed by atoms with Gasteiger partial charge in [-0.1, -0.05) is 11.6 Å². The third-order valence-electron chi connectivity index (χ3n) is 1.54. The number of thiophene rings is 1. The quantitative estimate of drug-likeness (QED) is 0.681. The molecule has 0 amide bonds. The van der Waals surface area contributed by atoms with Gasteiger partial charge in [-0.2, -0.15) is 0 Å². The van der Waals surface area contributed by atoms with Crippen LogP contribution in [0.25, 0.3) is 10.2 Å². The van der Waals surface area contributed by atoms with Gasteiger partial charge in [0.05, 0.1) is 5.39 Å². The summed E-state index contributed by atoms with van der Waals surface area (Å²) in [6, 6.07) is 0. The van der Waals surface area contributed by atoms with Crippen LogP contribution >= 0.6 is 38.9 Å². The summed E-state index contributed by atoms with van der Waals surface area (Å²) in [5, 5.41) is 1.43. The van der Waals surface area contributed by atoms with Crippen molar-refractivity contribution in [1.82, 2.24) is 9.97 Å². The average Bonchev–Trinajstić information content (AvgIpc) is 2.29. The molecule has 0 N–H and O–H groups in total. The second-order valence-electron chi connectivity index (χ2n) is 2.32. The van der Waals surface area contributed by atoms with Gasteiger partial charge in [0.1, 0.15) is 16.3 Å². The van der Waals surface area contributed by atoms with E-state index in [0.717, 1.165) is 14.7 Å². The van der Waals surface area contributed by atoms with Crippen LogP contribution in [0.15, 0.2) is 10.8 Å². The minimum atomic E-state index is 0.510. The number of aryl methyl sites for hydroxylation is 1. The van der Waals surface area contributed by atoms with Crippen LogP contribution < -0.4 is 0 Å². The van der Waals surface area contributed by atoms with Gasteiger partial charge in [-0.15, -0.1) is 11.3 Å². The van der Waals surface area contributed by atoms with E-state index in [4.69, 9.17) is 11.6 Å². The molecule has 0 aliphatic carbocycles. The maximum absolute atomic E-state index is 5.90. The number of rotatable bonds is 0. The van der Waals surface area contributed by atoms with Gasteiger partial charge in [0.25, 0.3) is 0 Å². The van der Waals surface area contributed by atoms with Crippen molar-refractivity contribution in [3.05, 3.63) is 20.8 Å². The van der Waals surface area contributed by atoms with Gasteiger partial charge in [0.15, 0.2) is 0 Å². The molecule has 62 valence electrons. The van der Waals surface area contributed by atoms with Crippen LogP contribution in [-0.2, 0) is 0 Å². The molecule has 2 aromatic heterocycles. The summed E-state index contributed by atoms with van der Waals surface area (Å²) in [6.07, 6.45) is 1.48. The first kappa shape index (κ1) is 8.41. The number of nitrogens with zero attached hydrogens (tertiary/aromatic N) is 2. The third kappa shape index (κ3) is 1.14. The molecular weight excluding hydrogens is 260 g/mol. The fraction of sp³-hybridized carbons (Fsp3) is 0.143. The molecule has 0 saturated heterocycles. The van der Waals surface area contributed by atoms with Crippen molar-refractivity contribution in [1.29, 1.82) is 0 Å². The highest BCUT2D eigenvalue weighted by atomic mass is 79.9. The largest absolute Gasteiger partial charge is 0.225 e. The summed E-state index contributed by atoms with van der Waals surface area (Å²) in [6.45, 7) is 2.02. The Balaban J connectivity index is 2.97. The lowest BCUT2D eigenvalue weighted by Crippen LogP contribution is -1.78. The second-order valence-corrected chi connectivity index (χ2v) is 4.67. The highest BCUT2D eigenvalue weighted by Gasteiger charge is 2.10. The molecular formula is C7H4BrClN2S. The lowest BCUT2D eigenvalue weighted by Gasteiger charge is -1.91. The summed E-state index contributed by atoms with van der Waals surface area (Å²) in [4.78, 5) is 10.1. The minimum Gasteiger partial charge on any atom is -0.225 e. The Morgan fingerprint density at radius 2 is 2.25 bits per heavy atom. The zero-order valence-corrected chi connectivity index (χ0v) is 9.29. The zero-order valence-electron chi connectivity index (χ0n) is 6.14. The number of hydrogen-bond donors (Lipinski definition) is 0. The molecule has 0 atom stereocenters. The Morgan fingerprint density at radius 3 is 2.92 bits per heavy atom. The van der Waals surface area contributed by atoms with Crippen LogP contribution in [0.3, 0.4) is 0 Å². The van der Waals surface area contributed by atoms with Crippen LogP contribution in [0, 0.1) is 6.92 Å². The zero-order chi connectivity index (χ0) is 8.72. The second kappa shape index (κ2) is 2.94. The fourth-order valence-corrected chi connectivity index (χ4v) is 3.01. The lowest BCUT2D eigenvalue weighted by molar-refractivity contribution is 1.23. The van der Waals surface area contributed by atoms with Crippen LogP contribution in [0.2, 0.25) is 5.15 Å². The van der Waals surface area contributed by atoms with Gasteiger partial charge in [0.2, 0.25) is 0 Å². The van der Waals surface area contributed by atoms with Gasteiger partial charge < -0.3 is 0 Å². The maximum Gasteiger partial charge on any atom is 0.142 e. The lowest BCUT2D eigenvalue weighted by atomic mass is 10.4. The Labute approximate surface area is 86.7 Å². The molecule has 12 heavy (non-hydrogen) atoms. The Morgan fingerprint density at radius 1 is 1.50 bits per heavy atom. The Bertz CT molecular complexity index is 440. The summed E-state index contributed by atoms with van der Waals surface area (Å²) < 4.78 is 1.01. The molecule has 0 aromatic carbocycles. The van der Waals surface area contributed by atoms with Crippen molar-refractivity contribution in [3.8, 4) is 0 Å². The first-order chi connectivity index (χ1) is 5.70. The number of hydrogen-bond acceptors (Lipinski definition) is 3. The van der Waals surface area contributed by atoms with E-state index in [0.29, 0.717) is 5.15 Å². The van der Waals surface area contributed by atoms with Crippen LogP contribution in [0.1, 0.15) is 4.88 Å². The number of halogens is 2. The molecule has 2 aromatic rings. The van der Waals surface area contributed by atoms with Crippen LogP contribution in [0.5, 0.6) is 0 Å². The van der Waals surface area contributed by atoms with Crippen molar-refractivity contribution in [2.75, 3.05) is 0 Å². The molecule has 0 spiro atoms. The summed E-state index contributed by atoms with van der Waals surface area (Å²) in [7, 11) is 0. The molecule has 0 unspecified atom stereocenters. The van der Waals surface area contributed by atoms with Gasteiger partial charge in [-0.25, -0.2) is 9.97 Å². The van der Waals surface area contributed by atoms with E-state index < -0.39 is 0 Å². The average molecular weight is 264 g/mol. The smallest absolute Gasteiger partial charge is 0.142 e. The van der Waals surface area contributed by atoms with Gasteiger partial charge in [-0.3, -0.25) is 0 Å². The Hall–Kier alpha value is -0.190. The standard InChI is InChI=1S/C7H4BrClN2S/c1-3-5(8)4-6(9)10-2-11-7(4)12-3/h2H,1H3. The monoisotopic (exact) mass is 262 g/mol. The van der Waals surface area contributed by atoms with Crippen LogP contribution in [-0.4, -0.2) is 9.97 Å². The molecule has 2 heterocycles. The van der Waals surface area contributed by atoms with E-state index in [1.807, 2.05) is 6.92 Å². The summed E-state index contributed by atoms with van der Waals surface area (Å²) in [5.74, 6) is 0. The fourth-order valence-electron chi connectivity index (χ4n) is 0.977. The van der Waals surface area contributed by atoms with E-state index in [2.05, 4.69) is 25.9 Å². The number of aromatic nitrogens is 2. The van der Waals surface area contributed by atoms with Gasteiger partial charge in [0, 0.05) is 9.35 Å². The first-order valence-corrected chi connectivity index (χ1v) is 5.24. The van der Waals surface area contributed by atoms with E-state index >= 15 is 0 Å². The van der Waals surface area contributed by atoms with Crippen molar-refractivity contribution in [2.24, 2.45) is 0 Å². The van der Waals surface area contributed by atoms with E-state index in [9.17, 15) is 0 Å². The molecule has 0 aliphatic rings. The highest BCUT2D eigenvalue weighted by Crippen LogP contribution is 2.36. The predicted octanol–water partition coefficient (Wildman–Crippen LogP) is 3.42.